The minimum Gasteiger partial charge on any atom is -0.493 e. The van der Waals surface area contributed by atoms with E-state index in [0.717, 1.165) is 20.3 Å². The van der Waals surface area contributed by atoms with Gasteiger partial charge >= 0.3 is 5.97 Å². The second-order valence-electron chi connectivity index (χ2n) is 6.65. The number of aliphatic imine (C=N–C) groups is 1. The normalized spacial score (nSPS) is 14.4. The highest BCUT2D eigenvalue weighted by atomic mass is 127. The van der Waals surface area contributed by atoms with Crippen LogP contribution < -0.4 is 9.47 Å². The van der Waals surface area contributed by atoms with Gasteiger partial charge in [0.15, 0.2) is 17.2 Å². The van der Waals surface area contributed by atoms with Gasteiger partial charge in [-0.2, -0.15) is 0 Å². The van der Waals surface area contributed by atoms with E-state index in [-0.39, 0.29) is 5.70 Å². The van der Waals surface area contributed by atoms with Crippen LogP contribution in [0.1, 0.15) is 16.7 Å². The molecule has 0 aliphatic carbocycles. The number of esters is 1. The topological polar surface area (TPSA) is 57.1 Å². The molecule has 1 aliphatic rings. The van der Waals surface area contributed by atoms with Crippen LogP contribution in [0.5, 0.6) is 11.5 Å². The Hall–Kier alpha value is -2.84. The van der Waals surface area contributed by atoms with E-state index in [9.17, 15) is 4.79 Å². The number of nitrogens with zero attached hydrogens (tertiary/aromatic N) is 1. The maximum absolute atomic E-state index is 12.3. The highest BCUT2D eigenvalue weighted by Crippen LogP contribution is 2.35. The zero-order chi connectivity index (χ0) is 21.8. The molecule has 0 N–H and O–H groups in total. The van der Waals surface area contributed by atoms with E-state index >= 15 is 0 Å². The SMILES string of the molecule is COc1cc(/C=C2\N=C(c3ccccc3)OC2=O)cc(I)c1OCc1cccc(Cl)c1. The van der Waals surface area contributed by atoms with Crippen molar-refractivity contribution in [2.75, 3.05) is 7.11 Å². The molecule has 1 aliphatic heterocycles. The molecule has 4 rings (SSSR count). The number of hydrogen-bond donors (Lipinski definition) is 0. The molecule has 0 unspecified atom stereocenters. The molecule has 1 heterocycles. The zero-order valence-corrected chi connectivity index (χ0v) is 19.4. The van der Waals surface area contributed by atoms with Crippen molar-refractivity contribution in [3.63, 3.8) is 0 Å². The number of benzene rings is 3. The fourth-order valence-corrected chi connectivity index (χ4v) is 4.01. The molecule has 0 radical (unpaired) electrons. The van der Waals surface area contributed by atoms with Crippen molar-refractivity contribution in [2.24, 2.45) is 4.99 Å². The summed E-state index contributed by atoms with van der Waals surface area (Å²) in [5.74, 6) is 0.973. The van der Waals surface area contributed by atoms with Gasteiger partial charge in [0, 0.05) is 10.6 Å². The van der Waals surface area contributed by atoms with Crippen molar-refractivity contribution in [2.45, 2.75) is 6.61 Å². The summed E-state index contributed by atoms with van der Waals surface area (Å²) in [6, 6.07) is 20.5. The molecular weight excluding hydrogens is 529 g/mol. The lowest BCUT2D eigenvalue weighted by atomic mass is 10.1. The Balaban J connectivity index is 1.59. The third-order valence-electron chi connectivity index (χ3n) is 4.47. The van der Waals surface area contributed by atoms with Gasteiger partial charge in [-0.1, -0.05) is 41.9 Å². The first kappa shape index (κ1) is 21.4. The van der Waals surface area contributed by atoms with Crippen LogP contribution in [0.3, 0.4) is 0 Å². The van der Waals surface area contributed by atoms with Crippen LogP contribution in [0.2, 0.25) is 5.02 Å². The highest BCUT2D eigenvalue weighted by molar-refractivity contribution is 14.1. The van der Waals surface area contributed by atoms with Crippen molar-refractivity contribution < 1.29 is 19.0 Å². The minimum atomic E-state index is -0.492. The second kappa shape index (κ2) is 9.53. The molecule has 0 amide bonds. The highest BCUT2D eigenvalue weighted by Gasteiger charge is 2.24. The van der Waals surface area contributed by atoms with Gasteiger partial charge < -0.3 is 14.2 Å². The van der Waals surface area contributed by atoms with Crippen molar-refractivity contribution in [1.82, 2.24) is 0 Å². The quantitative estimate of drug-likeness (QED) is 0.221. The van der Waals surface area contributed by atoms with Gasteiger partial charge in [-0.3, -0.25) is 0 Å². The number of rotatable bonds is 6. The molecule has 0 atom stereocenters. The van der Waals surface area contributed by atoms with E-state index in [1.165, 1.54) is 0 Å². The molecule has 0 fully saturated rings. The summed E-state index contributed by atoms with van der Waals surface area (Å²) in [5.41, 5.74) is 2.68. The summed E-state index contributed by atoms with van der Waals surface area (Å²) in [4.78, 5) is 16.6. The van der Waals surface area contributed by atoms with Crippen molar-refractivity contribution in [3.05, 3.63) is 97.7 Å². The summed E-state index contributed by atoms with van der Waals surface area (Å²) >= 11 is 8.22. The van der Waals surface area contributed by atoms with E-state index in [4.69, 9.17) is 25.8 Å². The van der Waals surface area contributed by atoms with Crippen molar-refractivity contribution in [3.8, 4) is 11.5 Å². The van der Waals surface area contributed by atoms with Gasteiger partial charge in [0.2, 0.25) is 5.90 Å². The molecular formula is C24H17ClINO4. The predicted octanol–water partition coefficient (Wildman–Crippen LogP) is 5.88. The second-order valence-corrected chi connectivity index (χ2v) is 8.25. The van der Waals surface area contributed by atoms with E-state index in [2.05, 4.69) is 27.6 Å². The molecule has 0 spiro atoms. The first-order chi connectivity index (χ1) is 15.0. The van der Waals surface area contributed by atoms with Crippen LogP contribution in [0.25, 0.3) is 6.08 Å². The van der Waals surface area contributed by atoms with Crippen LogP contribution in [0.4, 0.5) is 0 Å². The Bertz CT molecular complexity index is 1190. The molecule has 156 valence electrons. The summed E-state index contributed by atoms with van der Waals surface area (Å²) in [6.45, 7) is 0.352. The summed E-state index contributed by atoms with van der Waals surface area (Å²) in [5, 5.41) is 0.656. The van der Waals surface area contributed by atoms with Gasteiger partial charge in [-0.15, -0.1) is 0 Å². The van der Waals surface area contributed by atoms with Gasteiger partial charge in [0.05, 0.1) is 10.7 Å². The maximum atomic E-state index is 12.3. The zero-order valence-electron chi connectivity index (χ0n) is 16.5. The Morgan fingerprint density at radius 1 is 1.10 bits per heavy atom. The fourth-order valence-electron chi connectivity index (χ4n) is 3.02. The van der Waals surface area contributed by atoms with Crippen LogP contribution in [-0.4, -0.2) is 19.0 Å². The molecule has 31 heavy (non-hydrogen) atoms. The van der Waals surface area contributed by atoms with Gasteiger partial charge in [-0.05, 0) is 76.2 Å². The van der Waals surface area contributed by atoms with Gasteiger partial charge in [0.1, 0.15) is 6.61 Å². The Labute approximate surface area is 198 Å². The first-order valence-corrected chi connectivity index (χ1v) is 10.8. The van der Waals surface area contributed by atoms with E-state index in [1.54, 1.807) is 19.3 Å². The van der Waals surface area contributed by atoms with Crippen LogP contribution in [0.15, 0.2) is 77.4 Å². The lowest BCUT2D eigenvalue weighted by Gasteiger charge is -2.14. The van der Waals surface area contributed by atoms with Crippen molar-refractivity contribution in [1.29, 1.82) is 0 Å². The number of hydrogen-bond acceptors (Lipinski definition) is 5. The number of halogens is 2. The van der Waals surface area contributed by atoms with E-state index in [1.807, 2.05) is 60.7 Å². The average Bonchev–Trinajstić information content (AvgIpc) is 3.13. The van der Waals surface area contributed by atoms with E-state index < -0.39 is 5.97 Å². The number of ether oxygens (including phenoxy) is 3. The Morgan fingerprint density at radius 3 is 2.65 bits per heavy atom. The summed E-state index contributed by atoms with van der Waals surface area (Å²) in [6.07, 6.45) is 1.67. The van der Waals surface area contributed by atoms with Crippen LogP contribution in [-0.2, 0) is 16.1 Å². The standard InChI is InChI=1S/C24H17ClINO4/c1-29-21-13-16(11-19(26)22(21)30-14-15-6-5-9-18(25)10-15)12-20-24(28)31-23(27-20)17-7-3-2-4-8-17/h2-13H,14H2,1H3/b20-12-. The largest absolute Gasteiger partial charge is 0.493 e. The molecule has 5 nitrogen and oxygen atoms in total. The predicted molar refractivity (Wildman–Crippen MR) is 129 cm³/mol. The van der Waals surface area contributed by atoms with E-state index in [0.29, 0.717) is 29.0 Å². The van der Waals surface area contributed by atoms with Gasteiger partial charge in [-0.25, -0.2) is 9.79 Å². The van der Waals surface area contributed by atoms with Crippen LogP contribution in [0, 0.1) is 3.57 Å². The third kappa shape index (κ3) is 5.08. The lowest BCUT2D eigenvalue weighted by molar-refractivity contribution is -0.129. The molecule has 0 bridgehead atoms. The fraction of sp³-hybridized carbons (Fsp3) is 0.0833. The number of cyclic esters (lactones) is 1. The van der Waals surface area contributed by atoms with Crippen molar-refractivity contribution >= 4 is 52.1 Å². The Kier molecular flexibility index (Phi) is 6.58. The maximum Gasteiger partial charge on any atom is 0.363 e. The molecule has 0 aromatic heterocycles. The minimum absolute atomic E-state index is 0.226. The molecule has 3 aromatic rings. The number of carbonyl (C=O) groups is 1. The lowest BCUT2D eigenvalue weighted by Crippen LogP contribution is -2.05. The first-order valence-electron chi connectivity index (χ1n) is 9.36. The number of methoxy groups -OCH3 is 1. The third-order valence-corrected chi connectivity index (χ3v) is 5.50. The molecule has 3 aromatic carbocycles. The Morgan fingerprint density at radius 2 is 1.90 bits per heavy atom. The molecule has 7 heteroatoms. The van der Waals surface area contributed by atoms with Gasteiger partial charge in [0.25, 0.3) is 0 Å². The monoisotopic (exact) mass is 545 g/mol. The summed E-state index contributed by atoms with van der Waals surface area (Å²) in [7, 11) is 1.57. The number of carbonyl (C=O) groups excluding carboxylic acids is 1. The van der Waals surface area contributed by atoms with Crippen LogP contribution >= 0.6 is 34.2 Å². The summed E-state index contributed by atoms with van der Waals surface area (Å²) < 4.78 is 17.7. The smallest absolute Gasteiger partial charge is 0.363 e. The molecule has 0 saturated heterocycles. The average molecular weight is 546 g/mol. The molecule has 0 saturated carbocycles.